The largest absolute Gasteiger partial charge is 0.291 e. The predicted octanol–water partition coefficient (Wildman–Crippen LogP) is 2.45. The molecule has 0 aromatic carbocycles. The molecule has 0 aliphatic carbocycles. The van der Waals surface area contributed by atoms with Crippen LogP contribution in [-0.4, -0.2) is 21.6 Å². The van der Waals surface area contributed by atoms with Gasteiger partial charge in [-0.15, -0.1) is 11.3 Å². The Balaban J connectivity index is 2.05. The Labute approximate surface area is 116 Å². The van der Waals surface area contributed by atoms with Gasteiger partial charge in [0.25, 0.3) is 5.91 Å². The number of hydrazone groups is 1. The van der Waals surface area contributed by atoms with Crippen LogP contribution in [0.5, 0.6) is 0 Å². The summed E-state index contributed by atoms with van der Waals surface area (Å²) in [6.45, 7) is 1.83. The van der Waals surface area contributed by atoms with E-state index >= 15 is 0 Å². The number of carbonyl (C=O) groups is 1. The molecule has 2 heterocycles. The Bertz CT molecular complexity index is 582. The number of rotatable bonds is 3. The fourth-order valence-electron chi connectivity index (χ4n) is 1.17. The van der Waals surface area contributed by atoms with Gasteiger partial charge in [0.05, 0.1) is 20.6 Å². The highest BCUT2D eigenvalue weighted by atomic mass is 79.9. The first-order chi connectivity index (χ1) is 8.66. The zero-order chi connectivity index (χ0) is 13.0. The molecule has 0 unspecified atom stereocenters. The summed E-state index contributed by atoms with van der Waals surface area (Å²) in [5.74, 6) is -0.377. The van der Waals surface area contributed by atoms with E-state index in [4.69, 9.17) is 0 Å². The van der Waals surface area contributed by atoms with Crippen LogP contribution >= 0.6 is 27.3 Å². The lowest BCUT2D eigenvalue weighted by Gasteiger charge is -1.99. The predicted molar refractivity (Wildman–Crippen MR) is 73.7 cm³/mol. The fraction of sp³-hybridized carbons (Fsp3) is 0.0909. The topological polar surface area (TPSA) is 67.2 Å². The second-order valence-corrected chi connectivity index (χ2v) is 5.80. The zero-order valence-corrected chi connectivity index (χ0v) is 11.8. The minimum atomic E-state index is -0.377. The maximum absolute atomic E-state index is 11.7. The summed E-state index contributed by atoms with van der Waals surface area (Å²) in [6.07, 6.45) is 4.36. The van der Waals surface area contributed by atoms with Crippen molar-refractivity contribution in [3.63, 3.8) is 0 Å². The molecule has 2 rings (SSSR count). The lowest BCUT2D eigenvalue weighted by Crippen LogP contribution is -2.20. The molecule has 2 aromatic heterocycles. The molecule has 0 spiro atoms. The number of hydrogen-bond acceptors (Lipinski definition) is 5. The van der Waals surface area contributed by atoms with E-state index in [9.17, 15) is 4.79 Å². The van der Waals surface area contributed by atoms with Gasteiger partial charge >= 0.3 is 0 Å². The minimum Gasteiger partial charge on any atom is -0.265 e. The van der Waals surface area contributed by atoms with Crippen molar-refractivity contribution in [3.8, 4) is 0 Å². The highest BCUT2D eigenvalue weighted by molar-refractivity contribution is 9.11. The Morgan fingerprint density at radius 2 is 2.28 bits per heavy atom. The molecule has 0 bridgehead atoms. The van der Waals surface area contributed by atoms with Gasteiger partial charge in [-0.2, -0.15) is 5.10 Å². The highest BCUT2D eigenvalue weighted by Crippen LogP contribution is 2.22. The quantitative estimate of drug-likeness (QED) is 0.696. The van der Waals surface area contributed by atoms with E-state index in [1.807, 2.05) is 19.1 Å². The van der Waals surface area contributed by atoms with Crippen molar-refractivity contribution in [2.45, 2.75) is 6.92 Å². The van der Waals surface area contributed by atoms with E-state index in [0.717, 1.165) is 14.4 Å². The van der Waals surface area contributed by atoms with Crippen LogP contribution in [0.4, 0.5) is 0 Å². The van der Waals surface area contributed by atoms with Crippen LogP contribution in [0.25, 0.3) is 0 Å². The molecule has 92 valence electrons. The Kier molecular flexibility index (Phi) is 4.16. The second-order valence-electron chi connectivity index (χ2n) is 3.33. The SMILES string of the molecule is CC(=NNC(=O)c1cnccn1)c1ccc(Br)s1. The molecule has 0 atom stereocenters. The Morgan fingerprint density at radius 3 is 2.89 bits per heavy atom. The van der Waals surface area contributed by atoms with Crippen molar-refractivity contribution in [1.29, 1.82) is 0 Å². The minimum absolute atomic E-state index is 0.237. The van der Waals surface area contributed by atoms with Crippen molar-refractivity contribution in [2.75, 3.05) is 0 Å². The monoisotopic (exact) mass is 324 g/mol. The highest BCUT2D eigenvalue weighted by Gasteiger charge is 2.06. The molecule has 0 aliphatic heterocycles. The standard InChI is InChI=1S/C11H9BrN4OS/c1-7(9-2-3-10(12)18-9)15-16-11(17)8-6-13-4-5-14-8/h2-6H,1H3,(H,16,17). The first-order valence-corrected chi connectivity index (χ1v) is 6.64. The molecule has 7 heteroatoms. The van der Waals surface area contributed by atoms with Gasteiger partial charge in [0, 0.05) is 12.4 Å². The van der Waals surface area contributed by atoms with E-state index in [1.54, 1.807) is 11.3 Å². The van der Waals surface area contributed by atoms with Crippen LogP contribution in [0.15, 0.2) is 39.6 Å². The number of carbonyl (C=O) groups excluding carboxylic acids is 1. The van der Waals surface area contributed by atoms with Gasteiger partial charge in [-0.05, 0) is 35.0 Å². The number of hydrogen-bond donors (Lipinski definition) is 1. The zero-order valence-electron chi connectivity index (χ0n) is 9.42. The summed E-state index contributed by atoms with van der Waals surface area (Å²) in [7, 11) is 0. The van der Waals surface area contributed by atoms with Crippen LogP contribution in [0.3, 0.4) is 0 Å². The maximum atomic E-state index is 11.7. The van der Waals surface area contributed by atoms with Gasteiger partial charge in [-0.3, -0.25) is 9.78 Å². The average molecular weight is 325 g/mol. The second kappa shape index (κ2) is 5.83. The Morgan fingerprint density at radius 1 is 1.44 bits per heavy atom. The molecule has 1 amide bonds. The van der Waals surface area contributed by atoms with Gasteiger partial charge < -0.3 is 0 Å². The molecule has 1 N–H and O–H groups in total. The fourth-order valence-corrected chi connectivity index (χ4v) is 2.50. The van der Waals surface area contributed by atoms with E-state index < -0.39 is 0 Å². The molecular weight excluding hydrogens is 316 g/mol. The van der Waals surface area contributed by atoms with Gasteiger partial charge in [0.2, 0.25) is 0 Å². The summed E-state index contributed by atoms with van der Waals surface area (Å²) >= 11 is 4.93. The van der Waals surface area contributed by atoms with Crippen LogP contribution in [0, 0.1) is 0 Å². The van der Waals surface area contributed by atoms with Crippen molar-refractivity contribution < 1.29 is 4.79 Å². The third-order valence-electron chi connectivity index (χ3n) is 2.05. The van der Waals surface area contributed by atoms with Gasteiger partial charge in [-0.25, -0.2) is 10.4 Å². The molecule has 0 saturated heterocycles. The molecule has 0 saturated carbocycles. The summed E-state index contributed by atoms with van der Waals surface area (Å²) in [6, 6.07) is 3.87. The van der Waals surface area contributed by atoms with Crippen LogP contribution in [0.1, 0.15) is 22.3 Å². The van der Waals surface area contributed by atoms with Crippen LogP contribution in [0.2, 0.25) is 0 Å². The van der Waals surface area contributed by atoms with Gasteiger partial charge in [0.1, 0.15) is 5.69 Å². The molecule has 5 nitrogen and oxygen atoms in total. The molecule has 18 heavy (non-hydrogen) atoms. The third-order valence-corrected chi connectivity index (χ3v) is 3.78. The van der Waals surface area contributed by atoms with Crippen molar-refractivity contribution in [3.05, 3.63) is 45.1 Å². The Hall–Kier alpha value is -1.60. The normalized spacial score (nSPS) is 11.3. The molecule has 0 radical (unpaired) electrons. The summed E-state index contributed by atoms with van der Waals surface area (Å²) in [5.41, 5.74) is 3.42. The third kappa shape index (κ3) is 3.21. The number of halogens is 1. The van der Waals surface area contributed by atoms with Gasteiger partial charge in [-0.1, -0.05) is 0 Å². The van der Waals surface area contributed by atoms with Crippen LogP contribution in [-0.2, 0) is 0 Å². The number of aromatic nitrogens is 2. The summed E-state index contributed by atoms with van der Waals surface area (Å²) < 4.78 is 1.02. The lowest BCUT2D eigenvalue weighted by atomic mass is 10.3. The van der Waals surface area contributed by atoms with Gasteiger partial charge in [0.15, 0.2) is 0 Å². The van der Waals surface area contributed by atoms with Crippen LogP contribution < -0.4 is 5.43 Å². The van der Waals surface area contributed by atoms with Crippen molar-refractivity contribution in [1.82, 2.24) is 15.4 Å². The van der Waals surface area contributed by atoms with E-state index in [1.165, 1.54) is 18.6 Å². The molecule has 2 aromatic rings. The van der Waals surface area contributed by atoms with E-state index in [-0.39, 0.29) is 11.6 Å². The maximum Gasteiger partial charge on any atom is 0.291 e. The summed E-state index contributed by atoms with van der Waals surface area (Å²) in [5, 5.41) is 4.02. The van der Waals surface area contributed by atoms with E-state index in [0.29, 0.717) is 0 Å². The van der Waals surface area contributed by atoms with Crippen molar-refractivity contribution >= 4 is 38.9 Å². The molecule has 0 fully saturated rings. The van der Waals surface area contributed by atoms with E-state index in [2.05, 4.69) is 36.4 Å². The number of nitrogens with one attached hydrogen (secondary N) is 1. The first kappa shape index (κ1) is 12.8. The number of amides is 1. The smallest absolute Gasteiger partial charge is 0.265 e. The first-order valence-electron chi connectivity index (χ1n) is 5.03. The number of nitrogens with zero attached hydrogens (tertiary/aromatic N) is 3. The molecular formula is C11H9BrN4OS. The molecule has 0 aliphatic rings. The summed E-state index contributed by atoms with van der Waals surface area (Å²) in [4.78, 5) is 20.3. The number of thiophene rings is 1. The lowest BCUT2D eigenvalue weighted by molar-refractivity contribution is 0.0949. The van der Waals surface area contributed by atoms with Crippen molar-refractivity contribution in [2.24, 2.45) is 5.10 Å². The average Bonchev–Trinajstić information content (AvgIpc) is 2.83.